The van der Waals surface area contributed by atoms with Gasteiger partial charge in [-0.05, 0) is 49.2 Å². The van der Waals surface area contributed by atoms with Crippen LogP contribution < -0.4 is 10.6 Å². The van der Waals surface area contributed by atoms with Crippen LogP contribution in [0.5, 0.6) is 0 Å². The number of rotatable bonds is 13. The van der Waals surface area contributed by atoms with E-state index in [9.17, 15) is 9.59 Å². The van der Waals surface area contributed by atoms with Crippen LogP contribution in [0.2, 0.25) is 20.1 Å². The summed E-state index contributed by atoms with van der Waals surface area (Å²) in [6.07, 6.45) is 9.10. The van der Waals surface area contributed by atoms with Gasteiger partial charge in [-0.15, -0.1) is 0 Å². The van der Waals surface area contributed by atoms with Gasteiger partial charge in [-0.1, -0.05) is 84.9 Å². The first-order valence-electron chi connectivity index (χ1n) is 10.8. The summed E-state index contributed by atoms with van der Waals surface area (Å²) in [4.78, 5) is 24.1. The largest absolute Gasteiger partial charge is 0.325 e. The maximum atomic E-state index is 12.0. The molecule has 2 rings (SSSR count). The van der Waals surface area contributed by atoms with Gasteiger partial charge in [0.1, 0.15) is 0 Å². The van der Waals surface area contributed by atoms with Gasteiger partial charge in [0.2, 0.25) is 11.8 Å². The topological polar surface area (TPSA) is 58.2 Å². The second kappa shape index (κ2) is 14.6. The highest BCUT2D eigenvalue weighted by atomic mass is 35.5. The fourth-order valence-corrected chi connectivity index (χ4v) is 3.92. The summed E-state index contributed by atoms with van der Waals surface area (Å²) < 4.78 is 0. The molecule has 0 spiro atoms. The van der Waals surface area contributed by atoms with Gasteiger partial charge < -0.3 is 10.6 Å². The molecule has 2 aromatic carbocycles. The molecule has 0 aliphatic carbocycles. The van der Waals surface area contributed by atoms with Crippen LogP contribution >= 0.6 is 46.4 Å². The fourth-order valence-electron chi connectivity index (χ4n) is 3.24. The molecule has 2 N–H and O–H groups in total. The summed E-state index contributed by atoms with van der Waals surface area (Å²) in [5, 5.41) is 7.64. The third-order valence-electron chi connectivity index (χ3n) is 4.96. The molecule has 0 bridgehead atoms. The zero-order valence-corrected chi connectivity index (χ0v) is 20.9. The molecule has 0 aliphatic heterocycles. The summed E-state index contributed by atoms with van der Waals surface area (Å²) in [5.41, 5.74) is 1.10. The number of benzene rings is 2. The van der Waals surface area contributed by atoms with E-state index in [-0.39, 0.29) is 11.8 Å². The van der Waals surface area contributed by atoms with Gasteiger partial charge in [0.25, 0.3) is 0 Å². The molecule has 0 aliphatic rings. The quantitative estimate of drug-likeness (QED) is 0.261. The Labute approximate surface area is 210 Å². The number of carbonyl (C=O) groups excluding carboxylic acids is 2. The Bertz CT molecular complexity index is 832. The number of nitrogens with one attached hydrogen (secondary N) is 2. The SMILES string of the molecule is O=C(CCCCCCCCCCC(=O)Nc1cc(Cl)ccc1Cl)Nc1cc(Cl)ccc1Cl. The van der Waals surface area contributed by atoms with E-state index in [2.05, 4.69) is 10.6 Å². The molecule has 0 unspecified atom stereocenters. The number of halogens is 4. The van der Waals surface area contributed by atoms with Crippen LogP contribution in [0.25, 0.3) is 0 Å². The van der Waals surface area contributed by atoms with Crippen LogP contribution in [-0.4, -0.2) is 11.8 Å². The summed E-state index contributed by atoms with van der Waals surface area (Å²) in [6, 6.07) is 10.0. The summed E-state index contributed by atoms with van der Waals surface area (Å²) in [7, 11) is 0. The van der Waals surface area contributed by atoms with E-state index < -0.39 is 0 Å². The molecule has 0 saturated carbocycles. The van der Waals surface area contributed by atoms with E-state index in [0.29, 0.717) is 44.3 Å². The molecule has 0 saturated heterocycles. The van der Waals surface area contributed by atoms with Crippen molar-refractivity contribution >= 4 is 69.6 Å². The number of hydrogen-bond donors (Lipinski definition) is 2. The molecule has 32 heavy (non-hydrogen) atoms. The van der Waals surface area contributed by atoms with E-state index in [4.69, 9.17) is 46.4 Å². The fraction of sp³-hybridized carbons (Fsp3) is 0.417. The smallest absolute Gasteiger partial charge is 0.224 e. The number of anilines is 2. The second-order valence-corrected chi connectivity index (χ2v) is 9.36. The molecule has 0 radical (unpaired) electrons. The minimum Gasteiger partial charge on any atom is -0.325 e. The molecular weight excluding hydrogens is 490 g/mol. The highest BCUT2D eigenvalue weighted by molar-refractivity contribution is 6.36. The zero-order valence-electron chi connectivity index (χ0n) is 17.9. The van der Waals surface area contributed by atoms with E-state index in [0.717, 1.165) is 51.4 Å². The van der Waals surface area contributed by atoms with Crippen LogP contribution in [0.1, 0.15) is 64.2 Å². The van der Waals surface area contributed by atoms with E-state index >= 15 is 0 Å². The standard InChI is InChI=1S/C24H28Cl4N2O2/c25-17-11-13-19(27)21(15-17)29-23(31)9-7-5-3-1-2-4-6-8-10-24(32)30-22-16-18(26)12-14-20(22)28/h11-16H,1-10H2,(H,29,31)(H,30,32). The summed E-state index contributed by atoms with van der Waals surface area (Å²) in [5.74, 6) is -0.0991. The highest BCUT2D eigenvalue weighted by Gasteiger charge is 2.08. The van der Waals surface area contributed by atoms with Gasteiger partial charge in [-0.2, -0.15) is 0 Å². The lowest BCUT2D eigenvalue weighted by molar-refractivity contribution is -0.117. The zero-order chi connectivity index (χ0) is 23.3. The van der Waals surface area contributed by atoms with Gasteiger partial charge in [-0.25, -0.2) is 0 Å². The number of hydrogen-bond acceptors (Lipinski definition) is 2. The lowest BCUT2D eigenvalue weighted by Crippen LogP contribution is -2.11. The van der Waals surface area contributed by atoms with Crippen molar-refractivity contribution in [2.75, 3.05) is 10.6 Å². The molecule has 0 fully saturated rings. The summed E-state index contributed by atoms with van der Waals surface area (Å²) >= 11 is 24.0. The Balaban J connectivity index is 1.46. The molecule has 4 nitrogen and oxygen atoms in total. The van der Waals surface area contributed by atoms with Crippen LogP contribution in [0.15, 0.2) is 36.4 Å². The second-order valence-electron chi connectivity index (χ2n) is 7.67. The molecular formula is C24H28Cl4N2O2. The third kappa shape index (κ3) is 10.4. The van der Waals surface area contributed by atoms with Crippen LogP contribution in [0, 0.1) is 0 Å². The first-order chi connectivity index (χ1) is 15.3. The lowest BCUT2D eigenvalue weighted by Gasteiger charge is -2.08. The third-order valence-corrected chi connectivity index (χ3v) is 6.09. The van der Waals surface area contributed by atoms with Gasteiger partial charge in [0, 0.05) is 22.9 Å². The van der Waals surface area contributed by atoms with Crippen molar-refractivity contribution in [3.63, 3.8) is 0 Å². The van der Waals surface area contributed by atoms with Gasteiger partial charge >= 0.3 is 0 Å². The molecule has 8 heteroatoms. The van der Waals surface area contributed by atoms with E-state index in [1.54, 1.807) is 36.4 Å². The average Bonchev–Trinajstić information content (AvgIpc) is 2.74. The summed E-state index contributed by atoms with van der Waals surface area (Å²) in [6.45, 7) is 0. The van der Waals surface area contributed by atoms with Crippen molar-refractivity contribution in [3.8, 4) is 0 Å². The van der Waals surface area contributed by atoms with Crippen molar-refractivity contribution < 1.29 is 9.59 Å². The maximum Gasteiger partial charge on any atom is 0.224 e. The Morgan fingerprint density at radius 2 is 0.906 bits per heavy atom. The molecule has 2 aromatic rings. The highest BCUT2D eigenvalue weighted by Crippen LogP contribution is 2.26. The van der Waals surface area contributed by atoms with Crippen molar-refractivity contribution in [3.05, 3.63) is 56.5 Å². The van der Waals surface area contributed by atoms with Crippen LogP contribution in [0.4, 0.5) is 11.4 Å². The van der Waals surface area contributed by atoms with Crippen molar-refractivity contribution in [2.24, 2.45) is 0 Å². The van der Waals surface area contributed by atoms with Gasteiger partial charge in [0.15, 0.2) is 0 Å². The number of carbonyl (C=O) groups is 2. The Kier molecular flexibility index (Phi) is 12.3. The minimum atomic E-state index is -0.0495. The van der Waals surface area contributed by atoms with Crippen LogP contribution in [0.3, 0.4) is 0 Å². The van der Waals surface area contributed by atoms with Crippen molar-refractivity contribution in [1.82, 2.24) is 0 Å². The number of unbranched alkanes of at least 4 members (excludes halogenated alkanes) is 7. The minimum absolute atomic E-state index is 0.0495. The molecule has 0 atom stereocenters. The molecule has 0 aromatic heterocycles. The van der Waals surface area contributed by atoms with Crippen LogP contribution in [-0.2, 0) is 9.59 Å². The Morgan fingerprint density at radius 3 is 1.28 bits per heavy atom. The monoisotopic (exact) mass is 516 g/mol. The van der Waals surface area contributed by atoms with Crippen molar-refractivity contribution in [2.45, 2.75) is 64.2 Å². The predicted octanol–water partition coefficient (Wildman–Crippen LogP) is 8.78. The first-order valence-corrected chi connectivity index (χ1v) is 12.4. The van der Waals surface area contributed by atoms with Crippen molar-refractivity contribution in [1.29, 1.82) is 0 Å². The maximum absolute atomic E-state index is 12.0. The predicted molar refractivity (Wildman–Crippen MR) is 136 cm³/mol. The van der Waals surface area contributed by atoms with E-state index in [1.165, 1.54) is 0 Å². The molecule has 2 amide bonds. The average molecular weight is 518 g/mol. The Morgan fingerprint density at radius 1 is 0.562 bits per heavy atom. The first kappa shape index (κ1) is 26.8. The molecule has 174 valence electrons. The van der Waals surface area contributed by atoms with E-state index in [1.807, 2.05) is 0 Å². The Hall–Kier alpha value is -1.46. The van der Waals surface area contributed by atoms with Gasteiger partial charge in [-0.3, -0.25) is 9.59 Å². The van der Waals surface area contributed by atoms with Gasteiger partial charge in [0.05, 0.1) is 21.4 Å². The lowest BCUT2D eigenvalue weighted by atomic mass is 10.1. The number of amides is 2. The molecule has 0 heterocycles. The normalized spacial score (nSPS) is 10.8.